The summed E-state index contributed by atoms with van der Waals surface area (Å²) in [5, 5.41) is 10.8. The molecule has 1 aliphatic rings. The first-order chi connectivity index (χ1) is 8.75. The van der Waals surface area contributed by atoms with Gasteiger partial charge in [0.1, 0.15) is 6.33 Å². The number of aryl methyl sites for hydroxylation is 1. The number of tetrazole rings is 1. The van der Waals surface area contributed by atoms with Crippen molar-refractivity contribution in [3.05, 3.63) is 6.33 Å². The summed E-state index contributed by atoms with van der Waals surface area (Å²) in [4.78, 5) is 13.7. The zero-order chi connectivity index (χ0) is 12.8. The molecule has 1 fully saturated rings. The summed E-state index contributed by atoms with van der Waals surface area (Å²) >= 11 is 0. The SMILES string of the molecule is CN(CC1CCOC1)C(=O)CCCn1cnnn1. The fraction of sp³-hybridized carbons (Fsp3) is 0.818. The van der Waals surface area contributed by atoms with E-state index in [0.29, 0.717) is 18.9 Å². The second-order valence-corrected chi connectivity index (χ2v) is 4.68. The monoisotopic (exact) mass is 253 g/mol. The fourth-order valence-electron chi connectivity index (χ4n) is 2.08. The molecular weight excluding hydrogens is 234 g/mol. The molecule has 18 heavy (non-hydrogen) atoms. The minimum absolute atomic E-state index is 0.176. The van der Waals surface area contributed by atoms with Gasteiger partial charge in [0.05, 0.1) is 6.61 Å². The average Bonchev–Trinajstić information content (AvgIpc) is 3.01. The van der Waals surface area contributed by atoms with Crippen molar-refractivity contribution in [1.82, 2.24) is 25.1 Å². The van der Waals surface area contributed by atoms with Crippen LogP contribution < -0.4 is 0 Å². The van der Waals surface area contributed by atoms with Crippen LogP contribution in [0.2, 0.25) is 0 Å². The highest BCUT2D eigenvalue weighted by Crippen LogP contribution is 2.13. The number of ether oxygens (including phenoxy) is 1. The molecule has 1 unspecified atom stereocenters. The molecule has 100 valence electrons. The molecule has 0 radical (unpaired) electrons. The minimum Gasteiger partial charge on any atom is -0.381 e. The number of aromatic nitrogens is 4. The van der Waals surface area contributed by atoms with E-state index in [2.05, 4.69) is 15.5 Å². The summed E-state index contributed by atoms with van der Waals surface area (Å²) in [6.07, 6.45) is 3.91. The third-order valence-corrected chi connectivity index (χ3v) is 3.15. The normalized spacial score (nSPS) is 19.1. The van der Waals surface area contributed by atoms with Crippen LogP contribution in [0.15, 0.2) is 6.33 Å². The molecule has 1 aromatic heterocycles. The first kappa shape index (κ1) is 12.9. The van der Waals surface area contributed by atoms with Gasteiger partial charge in [-0.25, -0.2) is 4.68 Å². The molecule has 2 rings (SSSR count). The van der Waals surface area contributed by atoms with E-state index in [-0.39, 0.29) is 5.91 Å². The van der Waals surface area contributed by atoms with Crippen LogP contribution in [0.1, 0.15) is 19.3 Å². The third-order valence-electron chi connectivity index (χ3n) is 3.15. The van der Waals surface area contributed by atoms with Crippen molar-refractivity contribution in [2.24, 2.45) is 5.92 Å². The first-order valence-electron chi connectivity index (χ1n) is 6.28. The lowest BCUT2D eigenvalue weighted by molar-refractivity contribution is -0.130. The van der Waals surface area contributed by atoms with Gasteiger partial charge in [0.25, 0.3) is 0 Å². The second-order valence-electron chi connectivity index (χ2n) is 4.68. The number of carbonyl (C=O) groups is 1. The summed E-state index contributed by atoms with van der Waals surface area (Å²) in [5.74, 6) is 0.674. The van der Waals surface area contributed by atoms with Crippen molar-refractivity contribution in [2.45, 2.75) is 25.8 Å². The van der Waals surface area contributed by atoms with E-state index in [1.54, 1.807) is 15.9 Å². The first-order valence-corrected chi connectivity index (χ1v) is 6.28. The van der Waals surface area contributed by atoms with E-state index < -0.39 is 0 Å². The van der Waals surface area contributed by atoms with Gasteiger partial charge in [-0.15, -0.1) is 5.10 Å². The van der Waals surface area contributed by atoms with E-state index in [0.717, 1.165) is 32.6 Å². The lowest BCUT2D eigenvalue weighted by Crippen LogP contribution is -2.32. The van der Waals surface area contributed by atoms with Gasteiger partial charge in [0.2, 0.25) is 5.91 Å². The Kier molecular flexibility index (Phi) is 4.63. The van der Waals surface area contributed by atoms with Gasteiger partial charge in [0, 0.05) is 39.1 Å². The molecule has 0 bridgehead atoms. The van der Waals surface area contributed by atoms with E-state index >= 15 is 0 Å². The van der Waals surface area contributed by atoms with Gasteiger partial charge in [-0.2, -0.15) is 0 Å². The molecule has 0 N–H and O–H groups in total. The van der Waals surface area contributed by atoms with Gasteiger partial charge in [-0.1, -0.05) is 0 Å². The molecule has 7 nitrogen and oxygen atoms in total. The highest BCUT2D eigenvalue weighted by molar-refractivity contribution is 5.75. The molecule has 1 amide bonds. The summed E-state index contributed by atoms with van der Waals surface area (Å²) in [6, 6.07) is 0. The largest absolute Gasteiger partial charge is 0.381 e. The van der Waals surface area contributed by atoms with Crippen LogP contribution in [0, 0.1) is 5.92 Å². The Balaban J connectivity index is 1.64. The third kappa shape index (κ3) is 3.76. The van der Waals surface area contributed by atoms with Gasteiger partial charge >= 0.3 is 0 Å². The topological polar surface area (TPSA) is 73.1 Å². The average molecular weight is 253 g/mol. The molecule has 0 spiro atoms. The predicted octanol–water partition coefficient (Wildman–Crippen LogP) is -0.0518. The summed E-state index contributed by atoms with van der Waals surface area (Å²) in [5.41, 5.74) is 0. The Morgan fingerprint density at radius 1 is 1.61 bits per heavy atom. The maximum absolute atomic E-state index is 11.9. The lowest BCUT2D eigenvalue weighted by atomic mass is 10.1. The van der Waals surface area contributed by atoms with E-state index in [1.807, 2.05) is 7.05 Å². The van der Waals surface area contributed by atoms with Crippen LogP contribution in [-0.4, -0.2) is 57.8 Å². The van der Waals surface area contributed by atoms with Crippen molar-refractivity contribution in [2.75, 3.05) is 26.8 Å². The van der Waals surface area contributed by atoms with E-state index in [4.69, 9.17) is 4.74 Å². The molecule has 1 aromatic rings. The number of hydrogen-bond donors (Lipinski definition) is 0. The minimum atomic E-state index is 0.176. The number of hydrogen-bond acceptors (Lipinski definition) is 5. The highest BCUT2D eigenvalue weighted by Gasteiger charge is 2.19. The molecule has 1 aliphatic heterocycles. The van der Waals surface area contributed by atoms with Crippen molar-refractivity contribution in [1.29, 1.82) is 0 Å². The highest BCUT2D eigenvalue weighted by atomic mass is 16.5. The molecule has 0 aromatic carbocycles. The number of amides is 1. The molecule has 1 saturated heterocycles. The lowest BCUT2D eigenvalue weighted by Gasteiger charge is -2.20. The maximum Gasteiger partial charge on any atom is 0.222 e. The van der Waals surface area contributed by atoms with E-state index in [1.165, 1.54) is 0 Å². The Labute approximate surface area is 106 Å². The zero-order valence-electron chi connectivity index (χ0n) is 10.7. The Morgan fingerprint density at radius 3 is 3.17 bits per heavy atom. The molecular formula is C11H19N5O2. The quantitative estimate of drug-likeness (QED) is 0.710. The molecule has 7 heteroatoms. The standard InChI is InChI=1S/C11H19N5O2/c1-15(7-10-4-6-18-8-10)11(17)3-2-5-16-9-12-13-14-16/h9-10H,2-8H2,1H3. The van der Waals surface area contributed by atoms with Gasteiger partial charge in [-0.05, 0) is 23.3 Å². The van der Waals surface area contributed by atoms with Crippen LogP contribution in [0.25, 0.3) is 0 Å². The van der Waals surface area contributed by atoms with Crippen LogP contribution >= 0.6 is 0 Å². The van der Waals surface area contributed by atoms with Crippen molar-refractivity contribution in [3.8, 4) is 0 Å². The summed E-state index contributed by atoms with van der Waals surface area (Å²) < 4.78 is 6.94. The predicted molar refractivity (Wildman–Crippen MR) is 63.6 cm³/mol. The zero-order valence-corrected chi connectivity index (χ0v) is 10.7. The Hall–Kier alpha value is -1.50. The fourth-order valence-corrected chi connectivity index (χ4v) is 2.08. The summed E-state index contributed by atoms with van der Waals surface area (Å²) in [6.45, 7) is 3.08. The maximum atomic E-state index is 11.9. The van der Waals surface area contributed by atoms with Crippen LogP contribution in [0.4, 0.5) is 0 Å². The molecule has 0 saturated carbocycles. The van der Waals surface area contributed by atoms with E-state index in [9.17, 15) is 4.79 Å². The van der Waals surface area contributed by atoms with Gasteiger partial charge in [0.15, 0.2) is 0 Å². The molecule has 2 heterocycles. The smallest absolute Gasteiger partial charge is 0.222 e. The van der Waals surface area contributed by atoms with Gasteiger partial charge < -0.3 is 9.64 Å². The second kappa shape index (κ2) is 6.44. The molecule has 1 atom stereocenters. The number of nitrogens with zero attached hydrogens (tertiary/aromatic N) is 5. The Morgan fingerprint density at radius 2 is 2.50 bits per heavy atom. The van der Waals surface area contributed by atoms with Crippen LogP contribution in [0.3, 0.4) is 0 Å². The van der Waals surface area contributed by atoms with Crippen LogP contribution in [-0.2, 0) is 16.1 Å². The van der Waals surface area contributed by atoms with Crippen molar-refractivity contribution >= 4 is 5.91 Å². The van der Waals surface area contributed by atoms with Gasteiger partial charge in [-0.3, -0.25) is 4.79 Å². The summed E-state index contributed by atoms with van der Waals surface area (Å²) in [7, 11) is 1.86. The van der Waals surface area contributed by atoms with Crippen molar-refractivity contribution in [3.63, 3.8) is 0 Å². The molecule has 0 aliphatic carbocycles. The van der Waals surface area contributed by atoms with Crippen LogP contribution in [0.5, 0.6) is 0 Å². The number of rotatable bonds is 6. The number of carbonyl (C=O) groups excluding carboxylic acids is 1. The Bertz CT molecular complexity index is 362. The van der Waals surface area contributed by atoms with Crippen molar-refractivity contribution < 1.29 is 9.53 Å².